The van der Waals surface area contributed by atoms with Gasteiger partial charge in [0.05, 0.1) is 6.54 Å². The van der Waals surface area contributed by atoms with Crippen LogP contribution < -0.4 is 5.32 Å². The van der Waals surface area contributed by atoms with Gasteiger partial charge in [0.25, 0.3) is 0 Å². The number of likely N-dealkylation sites (N-methyl/N-ethyl adjacent to an activating group) is 1. The van der Waals surface area contributed by atoms with Gasteiger partial charge in [-0.2, -0.15) is 0 Å². The summed E-state index contributed by atoms with van der Waals surface area (Å²) in [6.45, 7) is 4.25. The summed E-state index contributed by atoms with van der Waals surface area (Å²) in [7, 11) is 0. The van der Waals surface area contributed by atoms with Gasteiger partial charge in [-0.05, 0) is 55.8 Å². The fraction of sp³-hybridized carbons (Fsp3) is 0.600. The lowest BCUT2D eigenvalue weighted by atomic mass is 9.85. The van der Waals surface area contributed by atoms with E-state index in [1.165, 1.54) is 5.56 Å². The highest BCUT2D eigenvalue weighted by molar-refractivity contribution is 6.30. The van der Waals surface area contributed by atoms with E-state index in [-0.39, 0.29) is 24.7 Å². The van der Waals surface area contributed by atoms with Crippen LogP contribution in [-0.4, -0.2) is 65.2 Å². The number of amides is 2. The first-order chi connectivity index (χ1) is 13.0. The van der Waals surface area contributed by atoms with Crippen LogP contribution in [0.4, 0.5) is 4.79 Å². The Hall–Kier alpha value is -1.79. The summed E-state index contributed by atoms with van der Waals surface area (Å²) >= 11 is 6.08. The number of likely N-dealkylation sites (tertiary alicyclic amines) is 1. The highest BCUT2D eigenvalue weighted by Crippen LogP contribution is 2.30. The van der Waals surface area contributed by atoms with Crippen LogP contribution in [0.3, 0.4) is 0 Å². The van der Waals surface area contributed by atoms with Crippen molar-refractivity contribution >= 4 is 23.6 Å². The van der Waals surface area contributed by atoms with Crippen molar-refractivity contribution in [3.8, 4) is 0 Å². The largest absolute Gasteiger partial charge is 0.480 e. The number of aliphatic carboxylic acids is 1. The summed E-state index contributed by atoms with van der Waals surface area (Å²) in [5.74, 6) is -0.345. The van der Waals surface area contributed by atoms with Crippen molar-refractivity contribution in [2.24, 2.45) is 0 Å². The molecule has 0 atom stereocenters. The van der Waals surface area contributed by atoms with Gasteiger partial charge in [0.15, 0.2) is 0 Å². The first-order valence-electron chi connectivity index (χ1n) is 9.73. The molecule has 27 heavy (non-hydrogen) atoms. The van der Waals surface area contributed by atoms with Crippen LogP contribution in [0.2, 0.25) is 5.02 Å². The van der Waals surface area contributed by atoms with Crippen molar-refractivity contribution in [2.75, 3.05) is 26.2 Å². The summed E-state index contributed by atoms with van der Waals surface area (Å²) in [6.07, 6.45) is 3.55. The van der Waals surface area contributed by atoms with E-state index in [2.05, 4.69) is 11.4 Å². The Morgan fingerprint density at radius 3 is 2.59 bits per heavy atom. The summed E-state index contributed by atoms with van der Waals surface area (Å²) in [5.41, 5.74) is 1.25. The molecule has 3 rings (SSSR count). The fourth-order valence-corrected chi connectivity index (χ4v) is 4.32. The first kappa shape index (κ1) is 20.0. The minimum atomic E-state index is -0.799. The second-order valence-electron chi connectivity index (χ2n) is 7.54. The molecule has 0 aromatic heterocycles. The Morgan fingerprint density at radius 2 is 2.00 bits per heavy atom. The molecule has 0 spiro atoms. The number of urea groups is 1. The number of piperidine rings is 1. The topological polar surface area (TPSA) is 72.9 Å². The van der Waals surface area contributed by atoms with Crippen molar-refractivity contribution in [2.45, 2.75) is 50.6 Å². The van der Waals surface area contributed by atoms with Crippen molar-refractivity contribution in [1.82, 2.24) is 15.1 Å². The molecule has 0 bridgehead atoms. The number of hydrogen-bond acceptors (Lipinski definition) is 3. The number of halogens is 1. The maximum Gasteiger partial charge on any atom is 0.317 e. The Morgan fingerprint density at radius 1 is 1.30 bits per heavy atom. The van der Waals surface area contributed by atoms with E-state index >= 15 is 0 Å². The van der Waals surface area contributed by atoms with Gasteiger partial charge in [-0.25, -0.2) is 4.79 Å². The Labute approximate surface area is 165 Å². The Balaban J connectivity index is 1.41. The second-order valence-corrected chi connectivity index (χ2v) is 7.98. The smallest absolute Gasteiger partial charge is 0.317 e. The molecular weight excluding hydrogens is 366 g/mol. The predicted octanol–water partition coefficient (Wildman–Crippen LogP) is 3.17. The molecule has 1 saturated heterocycles. The molecule has 148 valence electrons. The molecule has 1 aromatic rings. The van der Waals surface area contributed by atoms with Crippen molar-refractivity contribution in [3.05, 3.63) is 34.9 Å². The lowest BCUT2D eigenvalue weighted by molar-refractivity contribution is -0.139. The lowest BCUT2D eigenvalue weighted by Gasteiger charge is -2.43. The van der Waals surface area contributed by atoms with Gasteiger partial charge in [0.2, 0.25) is 0 Å². The van der Waals surface area contributed by atoms with Crippen molar-refractivity contribution in [1.29, 1.82) is 0 Å². The van der Waals surface area contributed by atoms with Gasteiger partial charge in [-0.1, -0.05) is 30.7 Å². The number of carboxylic acid groups (broad SMARTS) is 1. The highest BCUT2D eigenvalue weighted by Gasteiger charge is 2.35. The zero-order chi connectivity index (χ0) is 19.4. The van der Waals surface area contributed by atoms with E-state index in [0.717, 1.165) is 43.8 Å². The monoisotopic (exact) mass is 393 g/mol. The minimum absolute atomic E-state index is 0.00396. The standard InChI is InChI=1S/C20H28ClN3O3/c1-2-23(13-19(25)26)18-11-17(12-18)22-20(27)24-8-6-14(7-9-24)15-4-3-5-16(21)10-15/h3-5,10,14,17-18H,2,6-9,11-13H2,1H3,(H,22,27)(H,25,26). The van der Waals surface area contributed by atoms with Gasteiger partial charge < -0.3 is 15.3 Å². The van der Waals surface area contributed by atoms with Gasteiger partial charge in [0.1, 0.15) is 0 Å². The van der Waals surface area contributed by atoms with Crippen LogP contribution in [0.25, 0.3) is 0 Å². The van der Waals surface area contributed by atoms with Crippen LogP contribution in [0.1, 0.15) is 44.1 Å². The van der Waals surface area contributed by atoms with Crippen LogP contribution in [0.15, 0.2) is 24.3 Å². The number of benzene rings is 1. The minimum Gasteiger partial charge on any atom is -0.480 e. The maximum absolute atomic E-state index is 12.5. The summed E-state index contributed by atoms with van der Waals surface area (Å²) < 4.78 is 0. The average molecular weight is 394 g/mol. The quantitative estimate of drug-likeness (QED) is 0.778. The number of nitrogens with one attached hydrogen (secondary N) is 1. The number of nitrogens with zero attached hydrogens (tertiary/aromatic N) is 2. The molecular formula is C20H28ClN3O3. The molecule has 6 nitrogen and oxygen atoms in total. The normalized spacial score (nSPS) is 23.1. The summed E-state index contributed by atoms with van der Waals surface area (Å²) in [5, 5.41) is 12.8. The molecule has 1 aliphatic heterocycles. The molecule has 2 aliphatic rings. The number of carbonyl (C=O) groups excluding carboxylic acids is 1. The van der Waals surface area contributed by atoms with Crippen LogP contribution >= 0.6 is 11.6 Å². The summed E-state index contributed by atoms with van der Waals surface area (Å²) in [6, 6.07) is 8.40. The zero-order valence-electron chi connectivity index (χ0n) is 15.7. The molecule has 1 saturated carbocycles. The number of carbonyl (C=O) groups is 2. The van der Waals surface area contributed by atoms with Crippen LogP contribution in [-0.2, 0) is 4.79 Å². The van der Waals surface area contributed by atoms with Crippen molar-refractivity contribution < 1.29 is 14.7 Å². The number of hydrogen-bond donors (Lipinski definition) is 2. The SMILES string of the molecule is CCN(CC(=O)O)C1CC(NC(=O)N2CCC(c3cccc(Cl)c3)CC2)C1. The second kappa shape index (κ2) is 8.93. The molecule has 2 amide bonds. The Bertz CT molecular complexity index is 670. The van der Waals surface area contributed by atoms with E-state index in [9.17, 15) is 9.59 Å². The van der Waals surface area contributed by atoms with Gasteiger partial charge in [-0.3, -0.25) is 9.69 Å². The van der Waals surface area contributed by atoms with E-state index in [1.54, 1.807) is 0 Å². The zero-order valence-corrected chi connectivity index (χ0v) is 16.5. The molecule has 1 aromatic carbocycles. The van der Waals surface area contributed by atoms with E-state index in [1.807, 2.05) is 34.9 Å². The first-order valence-corrected chi connectivity index (χ1v) is 10.1. The van der Waals surface area contributed by atoms with Crippen LogP contribution in [0.5, 0.6) is 0 Å². The van der Waals surface area contributed by atoms with Gasteiger partial charge >= 0.3 is 12.0 Å². The lowest BCUT2D eigenvalue weighted by Crippen LogP contribution is -2.57. The Kier molecular flexibility index (Phi) is 6.60. The molecule has 1 heterocycles. The fourth-order valence-electron chi connectivity index (χ4n) is 4.12. The third kappa shape index (κ3) is 5.14. The predicted molar refractivity (Wildman–Crippen MR) is 105 cm³/mol. The molecule has 1 aliphatic carbocycles. The molecule has 2 N–H and O–H groups in total. The van der Waals surface area contributed by atoms with Gasteiger partial charge in [-0.15, -0.1) is 0 Å². The number of rotatable bonds is 6. The van der Waals surface area contributed by atoms with Crippen LogP contribution in [0, 0.1) is 0 Å². The third-order valence-electron chi connectivity index (χ3n) is 5.80. The summed E-state index contributed by atoms with van der Waals surface area (Å²) in [4.78, 5) is 27.3. The molecule has 0 radical (unpaired) electrons. The molecule has 2 fully saturated rings. The van der Waals surface area contributed by atoms with E-state index < -0.39 is 5.97 Å². The number of carboxylic acids is 1. The van der Waals surface area contributed by atoms with E-state index in [4.69, 9.17) is 16.7 Å². The molecule has 0 unspecified atom stereocenters. The highest BCUT2D eigenvalue weighted by atomic mass is 35.5. The molecule has 7 heteroatoms. The van der Waals surface area contributed by atoms with E-state index in [0.29, 0.717) is 12.5 Å². The maximum atomic E-state index is 12.5. The van der Waals surface area contributed by atoms with Crippen molar-refractivity contribution in [3.63, 3.8) is 0 Å². The van der Waals surface area contributed by atoms with Gasteiger partial charge in [0, 0.05) is 30.2 Å². The average Bonchev–Trinajstić information content (AvgIpc) is 2.62. The third-order valence-corrected chi connectivity index (χ3v) is 6.04.